The van der Waals surface area contributed by atoms with Crippen LogP contribution in [-0.4, -0.2) is 72.6 Å². The number of nitrogens with zero attached hydrogens (tertiary/aromatic N) is 2. The Kier molecular flexibility index (Phi) is 7.67. The van der Waals surface area contributed by atoms with E-state index in [1.165, 1.54) is 0 Å². The third-order valence-corrected chi connectivity index (χ3v) is 6.23. The summed E-state index contributed by atoms with van der Waals surface area (Å²) in [5, 5.41) is 11.6. The summed E-state index contributed by atoms with van der Waals surface area (Å²) in [6.07, 6.45) is 1.65. The van der Waals surface area contributed by atoms with Crippen molar-refractivity contribution in [1.29, 1.82) is 0 Å². The summed E-state index contributed by atoms with van der Waals surface area (Å²) in [4.78, 5) is 30.0. The number of morpholine rings is 1. The van der Waals surface area contributed by atoms with Crippen molar-refractivity contribution in [3.63, 3.8) is 0 Å². The van der Waals surface area contributed by atoms with Crippen LogP contribution in [0.5, 0.6) is 5.75 Å². The number of Topliss-reactive ketones (excluding diaryl/α,β-unsaturated/α-hetero) is 1. The average molecular weight is 483 g/mol. The SMILES string of the molecule is C=CCOc1ccc(C2/C(=C(\O)c3ccc(Cl)cc3)C(=O)C(=O)N2CCN2CCOCC2)cc1. The molecule has 4 rings (SSSR count). The molecule has 1 N–H and O–H groups in total. The molecular formula is C26H27ClN2O5. The van der Waals surface area contributed by atoms with Gasteiger partial charge in [-0.1, -0.05) is 36.4 Å². The Morgan fingerprint density at radius 3 is 2.41 bits per heavy atom. The van der Waals surface area contributed by atoms with Gasteiger partial charge in [0, 0.05) is 36.8 Å². The molecule has 2 heterocycles. The van der Waals surface area contributed by atoms with E-state index in [1.807, 2.05) is 12.1 Å². The van der Waals surface area contributed by atoms with Crippen LogP contribution in [-0.2, 0) is 14.3 Å². The van der Waals surface area contributed by atoms with Gasteiger partial charge in [0.25, 0.3) is 11.7 Å². The van der Waals surface area contributed by atoms with E-state index in [2.05, 4.69) is 11.5 Å². The Bertz CT molecular complexity index is 1080. The highest BCUT2D eigenvalue weighted by molar-refractivity contribution is 6.46. The molecule has 0 aromatic heterocycles. The number of carbonyl (C=O) groups excluding carboxylic acids is 2. The fourth-order valence-electron chi connectivity index (χ4n) is 4.20. The summed E-state index contributed by atoms with van der Waals surface area (Å²) in [6.45, 7) is 7.80. The van der Waals surface area contributed by atoms with Gasteiger partial charge in [0.1, 0.15) is 18.1 Å². The molecule has 2 aliphatic heterocycles. The van der Waals surface area contributed by atoms with E-state index in [0.717, 1.165) is 13.1 Å². The number of aliphatic hydroxyl groups excluding tert-OH is 1. The maximum atomic E-state index is 13.1. The number of rotatable bonds is 8. The van der Waals surface area contributed by atoms with Gasteiger partial charge in [0.2, 0.25) is 0 Å². The molecule has 2 fully saturated rings. The zero-order valence-corrected chi connectivity index (χ0v) is 19.5. The van der Waals surface area contributed by atoms with E-state index >= 15 is 0 Å². The second-order valence-electron chi connectivity index (χ2n) is 8.12. The van der Waals surface area contributed by atoms with Gasteiger partial charge >= 0.3 is 0 Å². The summed E-state index contributed by atoms with van der Waals surface area (Å²) in [7, 11) is 0. The van der Waals surface area contributed by atoms with Gasteiger partial charge in [-0.15, -0.1) is 0 Å². The summed E-state index contributed by atoms with van der Waals surface area (Å²) in [5.41, 5.74) is 1.20. The highest BCUT2D eigenvalue weighted by Gasteiger charge is 2.46. The lowest BCUT2D eigenvalue weighted by Gasteiger charge is -2.31. The Labute approximate surface area is 203 Å². The molecule has 1 atom stereocenters. The molecule has 0 radical (unpaired) electrons. The Morgan fingerprint density at radius 2 is 1.76 bits per heavy atom. The summed E-state index contributed by atoms with van der Waals surface area (Å²) in [6, 6.07) is 13.0. The normalized spacial score (nSPS) is 20.5. The van der Waals surface area contributed by atoms with Crippen molar-refractivity contribution in [1.82, 2.24) is 9.80 Å². The largest absolute Gasteiger partial charge is 0.507 e. The van der Waals surface area contributed by atoms with E-state index in [9.17, 15) is 14.7 Å². The number of benzene rings is 2. The van der Waals surface area contributed by atoms with Crippen molar-refractivity contribution in [3.05, 3.63) is 82.9 Å². The first-order valence-electron chi connectivity index (χ1n) is 11.2. The second kappa shape index (κ2) is 10.9. The number of halogens is 1. The number of ketones is 1. The van der Waals surface area contributed by atoms with Crippen molar-refractivity contribution >= 4 is 29.1 Å². The number of ether oxygens (including phenoxy) is 2. The van der Waals surface area contributed by atoms with Gasteiger partial charge in [-0.2, -0.15) is 0 Å². The van der Waals surface area contributed by atoms with Gasteiger partial charge in [0.05, 0.1) is 24.8 Å². The van der Waals surface area contributed by atoms with Crippen LogP contribution in [0.2, 0.25) is 5.02 Å². The van der Waals surface area contributed by atoms with Crippen LogP contribution in [0.25, 0.3) is 5.76 Å². The minimum absolute atomic E-state index is 0.0639. The number of aliphatic hydroxyl groups is 1. The predicted octanol–water partition coefficient (Wildman–Crippen LogP) is 3.66. The van der Waals surface area contributed by atoms with Crippen LogP contribution >= 0.6 is 11.6 Å². The minimum Gasteiger partial charge on any atom is -0.507 e. The maximum Gasteiger partial charge on any atom is 0.295 e. The number of likely N-dealkylation sites (tertiary alicyclic amines) is 1. The first-order valence-corrected chi connectivity index (χ1v) is 11.6. The van der Waals surface area contributed by atoms with Crippen molar-refractivity contribution in [2.45, 2.75) is 6.04 Å². The molecule has 34 heavy (non-hydrogen) atoms. The molecule has 178 valence electrons. The molecule has 2 aromatic carbocycles. The maximum absolute atomic E-state index is 13.1. The quantitative estimate of drug-likeness (QED) is 0.268. The third-order valence-electron chi connectivity index (χ3n) is 5.98. The van der Waals surface area contributed by atoms with Crippen LogP contribution in [0.1, 0.15) is 17.2 Å². The summed E-state index contributed by atoms with van der Waals surface area (Å²) < 4.78 is 11.0. The molecule has 2 saturated heterocycles. The van der Waals surface area contributed by atoms with Crippen LogP contribution in [0.15, 0.2) is 66.8 Å². The highest BCUT2D eigenvalue weighted by atomic mass is 35.5. The van der Waals surface area contributed by atoms with Gasteiger partial charge in [-0.25, -0.2) is 0 Å². The predicted molar refractivity (Wildman–Crippen MR) is 130 cm³/mol. The van der Waals surface area contributed by atoms with E-state index in [0.29, 0.717) is 54.8 Å². The number of carbonyl (C=O) groups is 2. The topological polar surface area (TPSA) is 79.3 Å². The fraction of sp³-hybridized carbons (Fsp3) is 0.308. The van der Waals surface area contributed by atoms with Crippen LogP contribution in [0.3, 0.4) is 0 Å². The molecule has 2 aliphatic rings. The molecule has 8 heteroatoms. The average Bonchev–Trinajstić information content (AvgIpc) is 3.12. The van der Waals surface area contributed by atoms with Crippen molar-refractivity contribution in [3.8, 4) is 5.75 Å². The Morgan fingerprint density at radius 1 is 1.09 bits per heavy atom. The zero-order chi connectivity index (χ0) is 24.1. The molecule has 2 aromatic rings. The molecule has 7 nitrogen and oxygen atoms in total. The van der Waals surface area contributed by atoms with E-state index in [4.69, 9.17) is 21.1 Å². The van der Waals surface area contributed by atoms with Gasteiger partial charge in [0.15, 0.2) is 0 Å². The van der Waals surface area contributed by atoms with E-state index in [-0.39, 0.29) is 11.3 Å². The van der Waals surface area contributed by atoms with E-state index < -0.39 is 17.7 Å². The van der Waals surface area contributed by atoms with Crippen LogP contribution in [0.4, 0.5) is 0 Å². The number of hydrogen-bond acceptors (Lipinski definition) is 6. The monoisotopic (exact) mass is 482 g/mol. The summed E-state index contributed by atoms with van der Waals surface area (Å²) in [5.74, 6) is -0.903. The van der Waals surface area contributed by atoms with Crippen LogP contribution < -0.4 is 4.74 Å². The smallest absolute Gasteiger partial charge is 0.295 e. The molecule has 0 spiro atoms. The lowest BCUT2D eigenvalue weighted by atomic mass is 9.95. The zero-order valence-electron chi connectivity index (χ0n) is 18.8. The number of amides is 1. The second-order valence-corrected chi connectivity index (χ2v) is 8.56. The number of hydrogen-bond donors (Lipinski definition) is 1. The van der Waals surface area contributed by atoms with Crippen molar-refractivity contribution in [2.24, 2.45) is 0 Å². The van der Waals surface area contributed by atoms with Gasteiger partial charge in [-0.05, 0) is 42.0 Å². The summed E-state index contributed by atoms with van der Waals surface area (Å²) >= 11 is 5.98. The van der Waals surface area contributed by atoms with E-state index in [1.54, 1.807) is 47.4 Å². The van der Waals surface area contributed by atoms with Gasteiger partial charge in [-0.3, -0.25) is 14.5 Å². The lowest BCUT2D eigenvalue weighted by molar-refractivity contribution is -0.140. The Balaban J connectivity index is 1.70. The Hall–Kier alpha value is -3.13. The molecule has 0 aliphatic carbocycles. The highest BCUT2D eigenvalue weighted by Crippen LogP contribution is 2.39. The third kappa shape index (κ3) is 5.17. The lowest BCUT2D eigenvalue weighted by Crippen LogP contribution is -2.42. The van der Waals surface area contributed by atoms with Crippen molar-refractivity contribution < 1.29 is 24.2 Å². The molecule has 1 unspecified atom stereocenters. The molecular weight excluding hydrogens is 456 g/mol. The standard InChI is InChI=1S/C26H27ClN2O5/c1-2-15-34-21-9-5-18(6-10-21)23-22(24(30)19-3-7-20(27)8-4-19)25(31)26(32)29(23)12-11-28-13-16-33-17-14-28/h2-10,23,30H,1,11-17H2/b24-22+. The first-order chi connectivity index (χ1) is 16.5. The minimum atomic E-state index is -0.717. The molecule has 0 saturated carbocycles. The molecule has 0 bridgehead atoms. The van der Waals surface area contributed by atoms with Crippen molar-refractivity contribution in [2.75, 3.05) is 46.0 Å². The van der Waals surface area contributed by atoms with Crippen LogP contribution in [0, 0.1) is 0 Å². The van der Waals surface area contributed by atoms with Gasteiger partial charge < -0.3 is 19.5 Å². The fourth-order valence-corrected chi connectivity index (χ4v) is 4.32. The molecule has 1 amide bonds. The first kappa shape index (κ1) is 24.0.